The van der Waals surface area contributed by atoms with Crippen molar-refractivity contribution in [3.8, 4) is 0 Å². The predicted molar refractivity (Wildman–Crippen MR) is 96.4 cm³/mol. The molecule has 3 rings (SSSR count). The van der Waals surface area contributed by atoms with E-state index in [2.05, 4.69) is 62.4 Å². The largest absolute Gasteiger partial charge is 0.0623 e. The molecule has 0 saturated carbocycles. The highest BCUT2D eigenvalue weighted by molar-refractivity contribution is 7.55. The van der Waals surface area contributed by atoms with Crippen LogP contribution >= 0.6 is 8.58 Å². The van der Waals surface area contributed by atoms with E-state index in [1.54, 1.807) is 0 Å². The van der Waals surface area contributed by atoms with Crippen LogP contribution in [0.4, 0.5) is 0 Å². The Hall–Kier alpha value is -1.91. The molecule has 0 bridgehead atoms. The standard InChI is InChI=1S/C14H15P.C6H6/c1-11-7-3-5-9-13(11)15-14-10-6-4-8-12(14)2;1-2-4-6-5-3-1/h3-10,15H,1-2H3;1-6H. The van der Waals surface area contributed by atoms with Crippen LogP contribution in [0.15, 0.2) is 84.9 Å². The number of hydrogen-bond donors (Lipinski definition) is 0. The molecule has 0 fully saturated rings. The molecule has 0 aromatic heterocycles. The Labute approximate surface area is 129 Å². The van der Waals surface area contributed by atoms with Gasteiger partial charge in [0.05, 0.1) is 0 Å². The third kappa shape index (κ3) is 5.17. The maximum atomic E-state index is 2.22. The van der Waals surface area contributed by atoms with Crippen molar-refractivity contribution in [1.29, 1.82) is 0 Å². The smallest absolute Gasteiger partial charge is 0.0197 e. The third-order valence-corrected chi connectivity index (χ3v) is 4.89. The Morgan fingerprint density at radius 2 is 0.810 bits per heavy atom. The molecule has 1 heteroatoms. The maximum Gasteiger partial charge on any atom is -0.0197 e. The molecular weight excluding hydrogens is 271 g/mol. The first kappa shape index (κ1) is 15.5. The van der Waals surface area contributed by atoms with Crippen molar-refractivity contribution in [2.45, 2.75) is 13.8 Å². The first-order valence-electron chi connectivity index (χ1n) is 7.15. The lowest BCUT2D eigenvalue weighted by molar-refractivity contribution is 1.51. The fourth-order valence-corrected chi connectivity index (χ4v) is 3.17. The summed E-state index contributed by atoms with van der Waals surface area (Å²) in [6, 6.07) is 29.2. The topological polar surface area (TPSA) is 0 Å². The second-order valence-corrected chi connectivity index (χ2v) is 6.24. The van der Waals surface area contributed by atoms with Gasteiger partial charge < -0.3 is 0 Å². The minimum atomic E-state index is 0.774. The maximum absolute atomic E-state index is 2.22. The lowest BCUT2D eigenvalue weighted by atomic mass is 10.2. The normalized spacial score (nSPS) is 9.62. The van der Waals surface area contributed by atoms with E-state index in [9.17, 15) is 0 Å². The van der Waals surface area contributed by atoms with E-state index in [0.717, 1.165) is 8.58 Å². The van der Waals surface area contributed by atoms with Crippen molar-refractivity contribution in [1.82, 2.24) is 0 Å². The zero-order valence-electron chi connectivity index (χ0n) is 12.6. The summed E-state index contributed by atoms with van der Waals surface area (Å²) in [5.41, 5.74) is 2.78. The van der Waals surface area contributed by atoms with Crippen molar-refractivity contribution in [2.75, 3.05) is 0 Å². The number of aryl methyl sites for hydroxylation is 2. The molecule has 21 heavy (non-hydrogen) atoms. The molecule has 0 aliphatic rings. The molecule has 0 amide bonds. The molecule has 0 heterocycles. The van der Waals surface area contributed by atoms with Gasteiger partial charge in [0.25, 0.3) is 0 Å². The molecule has 106 valence electrons. The highest BCUT2D eigenvalue weighted by atomic mass is 31.1. The zero-order valence-corrected chi connectivity index (χ0v) is 13.6. The molecule has 0 aliphatic carbocycles. The van der Waals surface area contributed by atoms with E-state index in [1.165, 1.54) is 21.7 Å². The quantitative estimate of drug-likeness (QED) is 0.605. The van der Waals surface area contributed by atoms with Gasteiger partial charge in [0.15, 0.2) is 0 Å². The van der Waals surface area contributed by atoms with Gasteiger partial charge in [-0.05, 0) is 35.6 Å². The highest BCUT2D eigenvalue weighted by Gasteiger charge is 2.00. The molecular formula is C20H21P. The summed E-state index contributed by atoms with van der Waals surface area (Å²) in [7, 11) is 0.774. The van der Waals surface area contributed by atoms with Gasteiger partial charge in [-0.1, -0.05) is 93.5 Å². The number of benzene rings is 3. The molecule has 3 aromatic rings. The minimum Gasteiger partial charge on any atom is -0.0623 e. The Balaban J connectivity index is 0.000000225. The average molecular weight is 292 g/mol. The lowest BCUT2D eigenvalue weighted by Gasteiger charge is -2.08. The molecule has 0 radical (unpaired) electrons. The number of hydrogen-bond acceptors (Lipinski definition) is 0. The van der Waals surface area contributed by atoms with Gasteiger partial charge in [0.1, 0.15) is 0 Å². The number of rotatable bonds is 2. The van der Waals surface area contributed by atoms with Crippen LogP contribution in [0.5, 0.6) is 0 Å². The molecule has 0 saturated heterocycles. The van der Waals surface area contributed by atoms with Crippen LogP contribution in [-0.2, 0) is 0 Å². The SMILES string of the molecule is Cc1ccccc1Pc1ccccc1C.c1ccccc1. The summed E-state index contributed by atoms with van der Waals surface area (Å²) in [5.74, 6) is 0. The Kier molecular flexibility index (Phi) is 6.19. The molecule has 0 spiro atoms. The fourth-order valence-electron chi connectivity index (χ4n) is 1.96. The van der Waals surface area contributed by atoms with Gasteiger partial charge >= 0.3 is 0 Å². The average Bonchev–Trinajstić information content (AvgIpc) is 2.54. The minimum absolute atomic E-state index is 0.774. The summed E-state index contributed by atoms with van der Waals surface area (Å²) >= 11 is 0. The van der Waals surface area contributed by atoms with Crippen molar-refractivity contribution in [2.24, 2.45) is 0 Å². The second kappa shape index (κ2) is 8.39. The van der Waals surface area contributed by atoms with Crippen molar-refractivity contribution >= 4 is 19.2 Å². The van der Waals surface area contributed by atoms with E-state index >= 15 is 0 Å². The lowest BCUT2D eigenvalue weighted by Crippen LogP contribution is -2.08. The van der Waals surface area contributed by atoms with Crippen LogP contribution in [0.1, 0.15) is 11.1 Å². The zero-order chi connectivity index (χ0) is 14.9. The summed E-state index contributed by atoms with van der Waals surface area (Å²) in [6.45, 7) is 4.36. The fraction of sp³-hybridized carbons (Fsp3) is 0.100. The van der Waals surface area contributed by atoms with Gasteiger partial charge in [-0.15, -0.1) is 0 Å². The van der Waals surface area contributed by atoms with Crippen LogP contribution < -0.4 is 10.6 Å². The first-order valence-corrected chi connectivity index (χ1v) is 8.15. The first-order chi connectivity index (χ1) is 10.3. The van der Waals surface area contributed by atoms with Crippen molar-refractivity contribution in [3.05, 3.63) is 96.1 Å². The van der Waals surface area contributed by atoms with Crippen LogP contribution in [0.25, 0.3) is 0 Å². The molecule has 0 nitrogen and oxygen atoms in total. The summed E-state index contributed by atoms with van der Waals surface area (Å²) < 4.78 is 0. The van der Waals surface area contributed by atoms with Crippen molar-refractivity contribution in [3.63, 3.8) is 0 Å². The molecule has 3 aromatic carbocycles. The summed E-state index contributed by atoms with van der Waals surface area (Å²) in [6.07, 6.45) is 0. The van der Waals surface area contributed by atoms with Crippen molar-refractivity contribution < 1.29 is 0 Å². The highest BCUT2D eigenvalue weighted by Crippen LogP contribution is 2.15. The third-order valence-electron chi connectivity index (χ3n) is 3.23. The summed E-state index contributed by atoms with van der Waals surface area (Å²) in [5, 5.41) is 2.90. The molecule has 0 N–H and O–H groups in total. The van der Waals surface area contributed by atoms with Crippen LogP contribution in [0, 0.1) is 13.8 Å². The molecule has 0 aliphatic heterocycles. The second-order valence-electron chi connectivity index (χ2n) is 4.91. The van der Waals surface area contributed by atoms with E-state index in [4.69, 9.17) is 0 Å². The van der Waals surface area contributed by atoms with Gasteiger partial charge in [-0.25, -0.2) is 0 Å². The van der Waals surface area contributed by atoms with Gasteiger partial charge in [0.2, 0.25) is 0 Å². The van der Waals surface area contributed by atoms with Gasteiger partial charge in [0, 0.05) is 0 Å². The molecule has 0 unspecified atom stereocenters. The summed E-state index contributed by atoms with van der Waals surface area (Å²) in [4.78, 5) is 0. The monoisotopic (exact) mass is 292 g/mol. The van der Waals surface area contributed by atoms with Crippen LogP contribution in [-0.4, -0.2) is 0 Å². The Morgan fingerprint density at radius 3 is 1.14 bits per heavy atom. The predicted octanol–water partition coefficient (Wildman–Crippen LogP) is 4.62. The van der Waals surface area contributed by atoms with Gasteiger partial charge in [-0.2, -0.15) is 0 Å². The van der Waals surface area contributed by atoms with E-state index in [1.807, 2.05) is 36.4 Å². The Bertz CT molecular complexity index is 589. The molecule has 0 atom stereocenters. The Morgan fingerprint density at radius 1 is 0.476 bits per heavy atom. The van der Waals surface area contributed by atoms with E-state index in [-0.39, 0.29) is 0 Å². The van der Waals surface area contributed by atoms with Gasteiger partial charge in [-0.3, -0.25) is 0 Å². The van der Waals surface area contributed by atoms with Crippen LogP contribution in [0.3, 0.4) is 0 Å². The van der Waals surface area contributed by atoms with E-state index in [0.29, 0.717) is 0 Å². The van der Waals surface area contributed by atoms with E-state index < -0.39 is 0 Å². The van der Waals surface area contributed by atoms with Crippen LogP contribution in [0.2, 0.25) is 0 Å².